The van der Waals surface area contributed by atoms with Gasteiger partial charge < -0.3 is 10.1 Å². The Kier molecular flexibility index (Phi) is 7.87. The average Bonchev–Trinajstić information content (AvgIpc) is 3.34. The molecule has 3 aromatic rings. The monoisotopic (exact) mass is 567 g/mol. The average molecular weight is 568 g/mol. The number of nitrogens with one attached hydrogen (secondary N) is 1. The van der Waals surface area contributed by atoms with E-state index in [-0.39, 0.29) is 41.0 Å². The zero-order valence-electron chi connectivity index (χ0n) is 21.2. The molecule has 0 spiro atoms. The van der Waals surface area contributed by atoms with E-state index in [2.05, 4.69) is 28.8 Å². The third kappa shape index (κ3) is 6.54. The molecule has 38 heavy (non-hydrogen) atoms. The molecule has 4 rings (SSSR count). The van der Waals surface area contributed by atoms with Crippen LogP contribution in [0.4, 0.5) is 18.3 Å². The number of aromatic nitrogens is 1. The topological polar surface area (TPSA) is 88.6 Å². The summed E-state index contributed by atoms with van der Waals surface area (Å²) in [6, 6.07) is 12.0. The molecule has 1 aliphatic heterocycles. The summed E-state index contributed by atoms with van der Waals surface area (Å²) in [5.41, 5.74) is 2.43. The number of amides is 1. The summed E-state index contributed by atoms with van der Waals surface area (Å²) in [4.78, 5) is 20.8. The summed E-state index contributed by atoms with van der Waals surface area (Å²) in [6.45, 7) is 6.76. The van der Waals surface area contributed by atoms with Crippen molar-refractivity contribution in [3.63, 3.8) is 0 Å². The maximum absolute atomic E-state index is 12.6. The van der Waals surface area contributed by atoms with Crippen molar-refractivity contribution >= 4 is 32.2 Å². The third-order valence-corrected chi connectivity index (χ3v) is 8.48. The number of alkyl halides is 3. The molecule has 1 N–H and O–H groups in total. The van der Waals surface area contributed by atoms with Crippen molar-refractivity contribution in [3.8, 4) is 5.75 Å². The van der Waals surface area contributed by atoms with E-state index in [0.29, 0.717) is 17.2 Å². The number of rotatable bonds is 8. The Balaban J connectivity index is 1.43. The highest BCUT2D eigenvalue weighted by Crippen LogP contribution is 2.46. The molecule has 0 aliphatic carbocycles. The van der Waals surface area contributed by atoms with Crippen molar-refractivity contribution in [1.82, 2.24) is 9.88 Å². The van der Waals surface area contributed by atoms with Crippen LogP contribution in [-0.2, 0) is 27.6 Å². The van der Waals surface area contributed by atoms with Gasteiger partial charge >= 0.3 is 6.36 Å². The normalized spacial score (nSPS) is 16.9. The van der Waals surface area contributed by atoms with Crippen molar-refractivity contribution < 1.29 is 31.1 Å². The van der Waals surface area contributed by atoms with E-state index in [1.807, 2.05) is 6.92 Å². The van der Waals surface area contributed by atoms with E-state index in [1.54, 1.807) is 24.3 Å². The van der Waals surface area contributed by atoms with Gasteiger partial charge in [0.1, 0.15) is 5.75 Å². The molecule has 0 bridgehead atoms. The van der Waals surface area contributed by atoms with Gasteiger partial charge in [0, 0.05) is 23.7 Å². The second-order valence-electron chi connectivity index (χ2n) is 9.62. The van der Waals surface area contributed by atoms with Crippen LogP contribution in [0.3, 0.4) is 0 Å². The molecule has 1 aromatic heterocycles. The smallest absolute Gasteiger partial charge is 0.406 e. The van der Waals surface area contributed by atoms with Crippen molar-refractivity contribution in [2.24, 2.45) is 5.92 Å². The second-order valence-corrected chi connectivity index (χ2v) is 12.7. The number of halogens is 3. The quantitative estimate of drug-likeness (QED) is 0.365. The summed E-state index contributed by atoms with van der Waals surface area (Å²) >= 11 is 1.40. The Morgan fingerprint density at radius 3 is 2.32 bits per heavy atom. The van der Waals surface area contributed by atoms with Gasteiger partial charge in [0.15, 0.2) is 15.0 Å². The molecule has 1 aliphatic rings. The Morgan fingerprint density at radius 2 is 1.76 bits per heavy atom. The minimum Gasteiger partial charge on any atom is -0.406 e. The largest absolute Gasteiger partial charge is 0.573 e. The van der Waals surface area contributed by atoms with Crippen molar-refractivity contribution in [3.05, 3.63) is 70.2 Å². The molecule has 204 valence electrons. The van der Waals surface area contributed by atoms with Gasteiger partial charge in [-0.2, -0.15) is 0 Å². The molecule has 0 radical (unpaired) electrons. The Bertz CT molecular complexity index is 1400. The number of thiazole rings is 1. The van der Waals surface area contributed by atoms with Gasteiger partial charge in [-0.1, -0.05) is 38.1 Å². The van der Waals surface area contributed by atoms with Crippen LogP contribution in [0.5, 0.6) is 5.75 Å². The second kappa shape index (κ2) is 10.7. The Labute approximate surface area is 223 Å². The number of fused-ring (bicyclic) bond motifs is 1. The maximum atomic E-state index is 12.6. The lowest BCUT2D eigenvalue weighted by molar-refractivity contribution is -0.274. The van der Waals surface area contributed by atoms with E-state index >= 15 is 0 Å². The first-order chi connectivity index (χ1) is 17.7. The van der Waals surface area contributed by atoms with Crippen molar-refractivity contribution in [1.29, 1.82) is 0 Å². The standard InChI is InChI=1S/C26H28F3N3O4S2/c1-15(2)24-23-21(14-32(24)16(3)18-7-9-19(10-8-18)36-26(27,28)29)37-25(31-23)30-22(33)13-17-5-11-20(12-6-17)38(4,34)35/h5-12,15-16,24H,13-14H2,1-4H3,(H,30,31,33)/t16-,24-/m1/s1. The fourth-order valence-corrected chi connectivity index (χ4v) is 6.26. The van der Waals surface area contributed by atoms with Gasteiger partial charge in [0.2, 0.25) is 5.91 Å². The minimum absolute atomic E-state index is 0.0310. The number of carbonyl (C=O) groups is 1. The molecule has 0 fully saturated rings. The van der Waals surface area contributed by atoms with E-state index in [1.165, 1.54) is 35.6 Å². The highest BCUT2D eigenvalue weighted by atomic mass is 32.2. The Hall–Kier alpha value is -2.96. The van der Waals surface area contributed by atoms with E-state index in [0.717, 1.165) is 22.4 Å². The third-order valence-electron chi connectivity index (χ3n) is 6.38. The van der Waals surface area contributed by atoms with Gasteiger partial charge in [0.05, 0.1) is 23.1 Å². The predicted octanol–water partition coefficient (Wildman–Crippen LogP) is 5.90. The molecule has 0 saturated carbocycles. The molecule has 0 saturated heterocycles. The number of hydrogen-bond acceptors (Lipinski definition) is 7. The van der Waals surface area contributed by atoms with Gasteiger partial charge in [-0.15, -0.1) is 24.5 Å². The van der Waals surface area contributed by atoms with Crippen LogP contribution >= 0.6 is 11.3 Å². The van der Waals surface area contributed by atoms with Crippen LogP contribution in [-0.4, -0.2) is 36.8 Å². The number of hydrogen-bond donors (Lipinski definition) is 1. The molecular weight excluding hydrogens is 539 g/mol. The minimum atomic E-state index is -4.74. The SMILES string of the molecule is CC(C)[C@@H]1c2nc(NC(=O)Cc3ccc(S(C)(=O)=O)cc3)sc2CN1[C@H](C)c1ccc(OC(F)(F)F)cc1. The van der Waals surface area contributed by atoms with Crippen LogP contribution in [0.15, 0.2) is 53.4 Å². The molecule has 1 amide bonds. The van der Waals surface area contributed by atoms with Crippen LogP contribution in [0, 0.1) is 5.92 Å². The predicted molar refractivity (Wildman–Crippen MR) is 139 cm³/mol. The first-order valence-corrected chi connectivity index (χ1v) is 14.6. The number of ether oxygens (including phenoxy) is 1. The van der Waals surface area contributed by atoms with Gasteiger partial charge in [-0.3, -0.25) is 9.69 Å². The molecule has 2 aromatic carbocycles. The zero-order chi connectivity index (χ0) is 27.8. The summed E-state index contributed by atoms with van der Waals surface area (Å²) in [7, 11) is -3.30. The zero-order valence-corrected chi connectivity index (χ0v) is 22.9. The van der Waals surface area contributed by atoms with Crippen LogP contribution in [0.2, 0.25) is 0 Å². The number of benzene rings is 2. The summed E-state index contributed by atoms with van der Waals surface area (Å²) in [5, 5.41) is 3.35. The van der Waals surface area contributed by atoms with Crippen molar-refractivity contribution in [2.45, 2.75) is 57.1 Å². The lowest BCUT2D eigenvalue weighted by Crippen LogP contribution is -2.29. The first kappa shape index (κ1) is 28.1. The number of nitrogens with zero attached hydrogens (tertiary/aromatic N) is 2. The number of carbonyl (C=O) groups excluding carboxylic acids is 1. The lowest BCUT2D eigenvalue weighted by atomic mass is 9.98. The summed E-state index contributed by atoms with van der Waals surface area (Å²) in [5.74, 6) is -0.314. The van der Waals surface area contributed by atoms with Crippen LogP contribution in [0.25, 0.3) is 0 Å². The van der Waals surface area contributed by atoms with Crippen molar-refractivity contribution in [2.75, 3.05) is 11.6 Å². The summed E-state index contributed by atoms with van der Waals surface area (Å²) in [6.07, 6.45) is -3.52. The molecular formula is C26H28F3N3O4S2. The highest BCUT2D eigenvalue weighted by Gasteiger charge is 2.39. The van der Waals surface area contributed by atoms with Gasteiger partial charge in [-0.05, 0) is 48.2 Å². The molecule has 0 unspecified atom stereocenters. The van der Waals surface area contributed by atoms with E-state index < -0.39 is 16.2 Å². The van der Waals surface area contributed by atoms with E-state index in [9.17, 15) is 26.4 Å². The molecule has 12 heteroatoms. The van der Waals surface area contributed by atoms with Crippen LogP contribution in [0.1, 0.15) is 54.6 Å². The fourth-order valence-electron chi connectivity index (χ4n) is 4.60. The summed E-state index contributed by atoms with van der Waals surface area (Å²) < 4.78 is 64.7. The van der Waals surface area contributed by atoms with Gasteiger partial charge in [-0.25, -0.2) is 13.4 Å². The maximum Gasteiger partial charge on any atom is 0.573 e. The fraction of sp³-hybridized carbons (Fsp3) is 0.385. The number of sulfone groups is 1. The Morgan fingerprint density at radius 1 is 1.13 bits per heavy atom. The first-order valence-electron chi connectivity index (χ1n) is 11.9. The molecule has 7 nitrogen and oxygen atoms in total. The van der Waals surface area contributed by atoms with E-state index in [4.69, 9.17) is 4.98 Å². The molecule has 2 heterocycles. The molecule has 2 atom stereocenters. The number of anilines is 1. The lowest BCUT2D eigenvalue weighted by Gasteiger charge is -2.33. The highest BCUT2D eigenvalue weighted by molar-refractivity contribution is 7.90. The van der Waals surface area contributed by atoms with Gasteiger partial charge in [0.25, 0.3) is 0 Å². The van der Waals surface area contributed by atoms with Crippen LogP contribution < -0.4 is 10.1 Å².